The zero-order chi connectivity index (χ0) is 16.9. The smallest absolute Gasteiger partial charge is 0.329 e. The molecule has 0 aromatic heterocycles. The van der Waals surface area contributed by atoms with Crippen molar-refractivity contribution in [2.24, 2.45) is 0 Å². The minimum Gasteiger partial charge on any atom is -0.484 e. The fourth-order valence-electron chi connectivity index (χ4n) is 2.80. The van der Waals surface area contributed by atoms with Gasteiger partial charge in [0.05, 0.1) is 0 Å². The molecule has 1 aliphatic rings. The van der Waals surface area contributed by atoms with Gasteiger partial charge in [-0.1, -0.05) is 31.4 Å². The van der Waals surface area contributed by atoms with Crippen molar-refractivity contribution in [2.45, 2.75) is 44.6 Å². The molecule has 1 aliphatic carbocycles. The summed E-state index contributed by atoms with van der Waals surface area (Å²) in [5.41, 5.74) is -0.683. The first kappa shape index (κ1) is 17.0. The molecule has 1 fully saturated rings. The van der Waals surface area contributed by atoms with Crippen molar-refractivity contribution in [1.29, 1.82) is 0 Å². The zero-order valence-electron chi connectivity index (χ0n) is 13.1. The average molecular weight is 319 g/mol. The molecular weight excluding hydrogens is 298 g/mol. The van der Waals surface area contributed by atoms with Gasteiger partial charge in [0.25, 0.3) is 5.91 Å². The molecule has 6 heteroatoms. The Bertz CT molecular complexity index is 605. The summed E-state index contributed by atoms with van der Waals surface area (Å²) in [6.45, 7) is 1.17. The van der Waals surface area contributed by atoms with Crippen molar-refractivity contribution >= 4 is 17.7 Å². The first-order valence-electron chi connectivity index (χ1n) is 7.71. The molecule has 6 nitrogen and oxygen atoms in total. The summed E-state index contributed by atoms with van der Waals surface area (Å²) in [4.78, 5) is 34.9. The number of hydrogen-bond donors (Lipinski definition) is 2. The van der Waals surface area contributed by atoms with Gasteiger partial charge in [-0.25, -0.2) is 4.79 Å². The van der Waals surface area contributed by atoms with Crippen molar-refractivity contribution in [3.05, 3.63) is 29.8 Å². The summed E-state index contributed by atoms with van der Waals surface area (Å²) < 4.78 is 5.37. The monoisotopic (exact) mass is 319 g/mol. The number of aliphatic carboxylic acids is 1. The van der Waals surface area contributed by atoms with E-state index in [4.69, 9.17) is 4.74 Å². The molecule has 23 heavy (non-hydrogen) atoms. The number of Topliss-reactive ketones (excluding diaryl/α,β-unsaturated/α-hetero) is 1. The van der Waals surface area contributed by atoms with Crippen LogP contribution in [0.5, 0.6) is 5.75 Å². The van der Waals surface area contributed by atoms with Crippen LogP contribution < -0.4 is 10.1 Å². The Morgan fingerprint density at radius 3 is 2.52 bits per heavy atom. The van der Waals surface area contributed by atoms with E-state index in [1.165, 1.54) is 6.92 Å². The molecular formula is C17H21NO5. The summed E-state index contributed by atoms with van der Waals surface area (Å²) in [6, 6.07) is 6.54. The van der Waals surface area contributed by atoms with Gasteiger partial charge in [0.1, 0.15) is 11.3 Å². The molecule has 1 aromatic rings. The number of nitrogens with one attached hydrogen (secondary N) is 1. The number of hydrogen-bond acceptors (Lipinski definition) is 4. The van der Waals surface area contributed by atoms with Crippen LogP contribution in [-0.4, -0.2) is 34.9 Å². The predicted molar refractivity (Wildman–Crippen MR) is 83.5 cm³/mol. The van der Waals surface area contributed by atoms with Gasteiger partial charge in [-0.05, 0) is 31.9 Å². The first-order chi connectivity index (χ1) is 10.9. The zero-order valence-corrected chi connectivity index (χ0v) is 13.1. The molecule has 0 spiro atoms. The van der Waals surface area contributed by atoms with Crippen LogP contribution >= 0.6 is 0 Å². The van der Waals surface area contributed by atoms with E-state index in [1.54, 1.807) is 24.3 Å². The topological polar surface area (TPSA) is 92.7 Å². The minimum atomic E-state index is -1.18. The van der Waals surface area contributed by atoms with Gasteiger partial charge in [-0.3, -0.25) is 9.59 Å². The SMILES string of the molecule is CC(=O)c1cccc(OCC(=O)NC2(C(=O)O)CCCCC2)c1. The standard InChI is InChI=1S/C17H21NO5/c1-12(19)13-6-5-7-14(10-13)23-11-15(20)18-17(16(21)22)8-3-2-4-9-17/h5-7,10H,2-4,8-9,11H2,1H3,(H,18,20)(H,21,22). The maximum absolute atomic E-state index is 12.0. The largest absolute Gasteiger partial charge is 0.484 e. The summed E-state index contributed by atoms with van der Waals surface area (Å²) in [7, 11) is 0. The fourth-order valence-corrected chi connectivity index (χ4v) is 2.80. The maximum Gasteiger partial charge on any atom is 0.329 e. The van der Waals surface area contributed by atoms with Crippen LogP contribution in [-0.2, 0) is 9.59 Å². The second kappa shape index (κ2) is 7.26. The number of carboxylic acids is 1. The number of ketones is 1. The Hall–Kier alpha value is -2.37. The Morgan fingerprint density at radius 2 is 1.91 bits per heavy atom. The highest BCUT2D eigenvalue weighted by molar-refractivity contribution is 5.94. The Balaban J connectivity index is 1.95. The van der Waals surface area contributed by atoms with Gasteiger partial charge < -0.3 is 15.2 Å². The van der Waals surface area contributed by atoms with E-state index in [9.17, 15) is 19.5 Å². The van der Waals surface area contributed by atoms with Gasteiger partial charge in [0.15, 0.2) is 12.4 Å². The fraction of sp³-hybridized carbons (Fsp3) is 0.471. The lowest BCUT2D eigenvalue weighted by Gasteiger charge is -2.33. The molecule has 0 bridgehead atoms. The van der Waals surface area contributed by atoms with Crippen molar-refractivity contribution < 1.29 is 24.2 Å². The number of benzene rings is 1. The Kier molecular flexibility index (Phi) is 5.36. The number of ether oxygens (including phenoxy) is 1. The summed E-state index contributed by atoms with van der Waals surface area (Å²) >= 11 is 0. The van der Waals surface area contributed by atoms with Crippen molar-refractivity contribution in [2.75, 3.05) is 6.61 Å². The highest BCUT2D eigenvalue weighted by atomic mass is 16.5. The molecule has 0 atom stereocenters. The Morgan fingerprint density at radius 1 is 1.22 bits per heavy atom. The van der Waals surface area contributed by atoms with E-state index in [0.29, 0.717) is 24.2 Å². The van der Waals surface area contributed by atoms with Crippen LogP contribution in [0.25, 0.3) is 0 Å². The van der Waals surface area contributed by atoms with E-state index in [1.807, 2.05) is 0 Å². The van der Waals surface area contributed by atoms with Crippen molar-refractivity contribution in [3.63, 3.8) is 0 Å². The minimum absolute atomic E-state index is 0.0908. The van der Waals surface area contributed by atoms with Crippen LogP contribution in [0.4, 0.5) is 0 Å². The third kappa shape index (κ3) is 4.31. The third-order valence-electron chi connectivity index (χ3n) is 4.11. The molecule has 124 valence electrons. The van der Waals surface area contributed by atoms with Gasteiger partial charge in [-0.15, -0.1) is 0 Å². The number of amides is 1. The summed E-state index contributed by atoms with van der Waals surface area (Å²) in [6.07, 6.45) is 3.43. The lowest BCUT2D eigenvalue weighted by atomic mass is 9.81. The lowest BCUT2D eigenvalue weighted by Crippen LogP contribution is -2.56. The predicted octanol–water partition coefficient (Wildman–Crippen LogP) is 2.17. The molecule has 0 saturated heterocycles. The summed E-state index contributed by atoms with van der Waals surface area (Å²) in [5, 5.41) is 12.0. The van der Waals surface area contributed by atoms with E-state index in [-0.39, 0.29) is 12.4 Å². The molecule has 1 saturated carbocycles. The average Bonchev–Trinajstić information content (AvgIpc) is 2.54. The quantitative estimate of drug-likeness (QED) is 0.784. The number of rotatable bonds is 6. The van der Waals surface area contributed by atoms with E-state index in [0.717, 1.165) is 19.3 Å². The van der Waals surface area contributed by atoms with Crippen LogP contribution in [0.3, 0.4) is 0 Å². The van der Waals surface area contributed by atoms with Crippen LogP contribution in [0.15, 0.2) is 24.3 Å². The lowest BCUT2D eigenvalue weighted by molar-refractivity contribution is -0.149. The molecule has 1 amide bonds. The molecule has 2 N–H and O–H groups in total. The van der Waals surface area contributed by atoms with Gasteiger partial charge in [0.2, 0.25) is 0 Å². The van der Waals surface area contributed by atoms with Crippen LogP contribution in [0, 0.1) is 0 Å². The maximum atomic E-state index is 12.0. The molecule has 0 unspecified atom stereocenters. The van der Waals surface area contributed by atoms with Gasteiger partial charge in [-0.2, -0.15) is 0 Å². The summed E-state index contributed by atoms with van der Waals surface area (Å²) in [5.74, 6) is -1.15. The van der Waals surface area contributed by atoms with Crippen LogP contribution in [0.1, 0.15) is 49.4 Å². The molecule has 2 rings (SSSR count). The normalized spacial score (nSPS) is 16.4. The van der Waals surface area contributed by atoms with E-state index in [2.05, 4.69) is 5.32 Å². The van der Waals surface area contributed by atoms with E-state index >= 15 is 0 Å². The highest BCUT2D eigenvalue weighted by Gasteiger charge is 2.40. The van der Waals surface area contributed by atoms with Crippen molar-refractivity contribution in [1.82, 2.24) is 5.32 Å². The second-order valence-electron chi connectivity index (χ2n) is 5.87. The highest BCUT2D eigenvalue weighted by Crippen LogP contribution is 2.28. The second-order valence-corrected chi connectivity index (χ2v) is 5.87. The molecule has 1 aromatic carbocycles. The third-order valence-corrected chi connectivity index (χ3v) is 4.11. The molecule has 0 heterocycles. The number of carbonyl (C=O) groups is 3. The van der Waals surface area contributed by atoms with Gasteiger partial charge in [0, 0.05) is 5.56 Å². The van der Waals surface area contributed by atoms with Crippen molar-refractivity contribution in [3.8, 4) is 5.75 Å². The van der Waals surface area contributed by atoms with E-state index < -0.39 is 17.4 Å². The number of carbonyl (C=O) groups excluding carboxylic acids is 2. The van der Waals surface area contributed by atoms with Crippen LogP contribution in [0.2, 0.25) is 0 Å². The Labute approximate surface area is 134 Å². The molecule has 0 aliphatic heterocycles. The van der Waals surface area contributed by atoms with Gasteiger partial charge >= 0.3 is 5.97 Å². The number of carboxylic acid groups (broad SMARTS) is 1. The molecule has 0 radical (unpaired) electrons. The first-order valence-corrected chi connectivity index (χ1v) is 7.71.